The van der Waals surface area contributed by atoms with Gasteiger partial charge >= 0.3 is 17.9 Å². The lowest BCUT2D eigenvalue weighted by Gasteiger charge is -2.18. The van der Waals surface area contributed by atoms with E-state index in [4.69, 9.17) is 14.2 Å². The highest BCUT2D eigenvalue weighted by Gasteiger charge is 2.19. The molecule has 0 radical (unpaired) electrons. The van der Waals surface area contributed by atoms with Crippen molar-refractivity contribution in [2.45, 2.75) is 252 Å². The van der Waals surface area contributed by atoms with E-state index in [9.17, 15) is 14.4 Å². The van der Waals surface area contributed by atoms with Crippen LogP contribution in [0, 0.1) is 0 Å². The van der Waals surface area contributed by atoms with Gasteiger partial charge in [-0.15, -0.1) is 0 Å². The summed E-state index contributed by atoms with van der Waals surface area (Å²) in [6.07, 6.45) is 75.3. The molecule has 0 aromatic rings. The quantitative estimate of drug-likeness (QED) is 0.0262. The maximum atomic E-state index is 12.7. The molecule has 0 aromatic carbocycles. The van der Waals surface area contributed by atoms with Crippen molar-refractivity contribution in [3.63, 3.8) is 0 Å². The Balaban J connectivity index is 4.18. The molecule has 0 aliphatic rings. The van der Waals surface area contributed by atoms with Crippen molar-refractivity contribution in [2.24, 2.45) is 0 Å². The Hall–Kier alpha value is -3.93. The highest BCUT2D eigenvalue weighted by Crippen LogP contribution is 2.14. The van der Waals surface area contributed by atoms with Crippen molar-refractivity contribution in [3.05, 3.63) is 109 Å². The number of hydrogen-bond donors (Lipinski definition) is 0. The van der Waals surface area contributed by atoms with Gasteiger partial charge in [-0.1, -0.05) is 233 Å². The molecule has 0 saturated heterocycles. The first-order valence-corrected chi connectivity index (χ1v) is 27.9. The summed E-state index contributed by atoms with van der Waals surface area (Å²) in [6.45, 7) is 6.42. The fraction of sp³-hybridized carbons (Fsp3) is 0.661. The van der Waals surface area contributed by atoms with Crippen LogP contribution in [-0.4, -0.2) is 37.2 Å². The highest BCUT2D eigenvalue weighted by atomic mass is 16.6. The van der Waals surface area contributed by atoms with Gasteiger partial charge in [0, 0.05) is 19.3 Å². The van der Waals surface area contributed by atoms with E-state index in [1.165, 1.54) is 70.6 Å². The molecule has 0 saturated carbocycles. The first kappa shape index (κ1) is 64.1. The Morgan fingerprint density at radius 3 is 0.956 bits per heavy atom. The second-order valence-corrected chi connectivity index (χ2v) is 18.1. The Morgan fingerprint density at radius 1 is 0.309 bits per heavy atom. The molecule has 68 heavy (non-hydrogen) atoms. The zero-order valence-electron chi connectivity index (χ0n) is 44.1. The maximum absolute atomic E-state index is 12.7. The Bertz CT molecular complexity index is 1410. The molecule has 6 nitrogen and oxygen atoms in total. The topological polar surface area (TPSA) is 78.9 Å². The van der Waals surface area contributed by atoms with Gasteiger partial charge in [0.05, 0.1) is 0 Å². The van der Waals surface area contributed by atoms with Gasteiger partial charge in [-0.2, -0.15) is 0 Å². The predicted octanol–water partition coefficient (Wildman–Crippen LogP) is 18.7. The smallest absolute Gasteiger partial charge is 0.306 e. The zero-order chi connectivity index (χ0) is 49.3. The number of unbranched alkanes of at least 4 members (excludes halogenated alkanes) is 20. The van der Waals surface area contributed by atoms with Crippen molar-refractivity contribution in [2.75, 3.05) is 13.2 Å². The maximum Gasteiger partial charge on any atom is 0.306 e. The van der Waals surface area contributed by atoms with Crippen LogP contribution in [-0.2, 0) is 28.6 Å². The summed E-state index contributed by atoms with van der Waals surface area (Å²) in [6, 6.07) is 0. The SMILES string of the molecule is CC/C=C\C/C=C\C/C=C\C/C=C\C/C=C\C/C=C\C/C=C\C/C=C\CCCCCCCCC(=O)OCC(COC(=O)CCCCCCCCCC)OC(=O)CCCCCCC/C=C\CCCC. The van der Waals surface area contributed by atoms with Crippen LogP contribution in [0.5, 0.6) is 0 Å². The molecule has 0 amide bonds. The van der Waals surface area contributed by atoms with Gasteiger partial charge in [-0.05, 0) is 103 Å². The van der Waals surface area contributed by atoms with Gasteiger partial charge in [-0.3, -0.25) is 14.4 Å². The fourth-order valence-electron chi connectivity index (χ4n) is 7.32. The number of ether oxygens (including phenoxy) is 3. The summed E-state index contributed by atoms with van der Waals surface area (Å²) in [5, 5.41) is 0. The standard InChI is InChI=1S/C62H102O6/c1-4-7-10-13-16-19-21-22-23-24-25-26-27-28-29-30-31-32-33-34-35-36-37-38-39-40-42-43-46-49-52-55-61(64)67-58-59(57-66-60(63)54-51-48-45-18-15-12-9-6-3)68-62(65)56-53-50-47-44-41-20-17-14-11-8-5-2/h7,10,14,16-17,19,22-23,25-26,28-29,31-32,34-35,37-38,59H,4-6,8-9,11-13,15,18,20-21,24,27,30,33,36,39-58H2,1-3H3/b10-7-,17-14-,19-16-,23-22-,26-25-,29-28-,32-31-,35-34-,38-37-. The number of carbonyl (C=O) groups is 3. The third kappa shape index (κ3) is 53.0. The largest absolute Gasteiger partial charge is 0.462 e. The molecule has 386 valence electrons. The van der Waals surface area contributed by atoms with Crippen molar-refractivity contribution < 1.29 is 28.6 Å². The van der Waals surface area contributed by atoms with E-state index in [0.29, 0.717) is 19.3 Å². The van der Waals surface area contributed by atoms with Gasteiger partial charge in [0.2, 0.25) is 0 Å². The summed E-state index contributed by atoms with van der Waals surface area (Å²) >= 11 is 0. The van der Waals surface area contributed by atoms with Crippen LogP contribution in [0.1, 0.15) is 245 Å². The van der Waals surface area contributed by atoms with Crippen LogP contribution >= 0.6 is 0 Å². The van der Waals surface area contributed by atoms with Crippen molar-refractivity contribution in [1.82, 2.24) is 0 Å². The van der Waals surface area contributed by atoms with Crippen molar-refractivity contribution >= 4 is 17.9 Å². The van der Waals surface area contributed by atoms with Gasteiger partial charge in [0.15, 0.2) is 6.10 Å². The van der Waals surface area contributed by atoms with Crippen molar-refractivity contribution in [1.29, 1.82) is 0 Å². The number of esters is 3. The third-order valence-electron chi connectivity index (χ3n) is 11.5. The van der Waals surface area contributed by atoms with Crippen LogP contribution in [0.4, 0.5) is 0 Å². The molecule has 0 aliphatic carbocycles. The van der Waals surface area contributed by atoms with Gasteiger partial charge in [-0.25, -0.2) is 0 Å². The highest BCUT2D eigenvalue weighted by molar-refractivity contribution is 5.71. The first-order valence-electron chi connectivity index (χ1n) is 27.9. The second-order valence-electron chi connectivity index (χ2n) is 18.1. The van der Waals surface area contributed by atoms with Gasteiger partial charge < -0.3 is 14.2 Å². The molecule has 0 N–H and O–H groups in total. The van der Waals surface area contributed by atoms with E-state index in [1.54, 1.807) is 0 Å². The van der Waals surface area contributed by atoms with E-state index in [1.807, 2.05) is 0 Å². The zero-order valence-corrected chi connectivity index (χ0v) is 44.1. The first-order chi connectivity index (χ1) is 33.5. The molecule has 1 atom stereocenters. The average Bonchev–Trinajstić information content (AvgIpc) is 3.34. The van der Waals surface area contributed by atoms with Gasteiger partial charge in [0.1, 0.15) is 13.2 Å². The average molecular weight is 943 g/mol. The van der Waals surface area contributed by atoms with E-state index in [2.05, 4.69) is 130 Å². The molecule has 0 heterocycles. The van der Waals surface area contributed by atoms with E-state index in [-0.39, 0.29) is 31.1 Å². The summed E-state index contributed by atoms with van der Waals surface area (Å²) in [7, 11) is 0. The van der Waals surface area contributed by atoms with Crippen LogP contribution in [0.15, 0.2) is 109 Å². The monoisotopic (exact) mass is 943 g/mol. The molecular formula is C62H102O6. The summed E-state index contributed by atoms with van der Waals surface area (Å²) in [5.74, 6) is -0.919. The number of hydrogen-bond acceptors (Lipinski definition) is 6. The second kappa shape index (κ2) is 55.7. The summed E-state index contributed by atoms with van der Waals surface area (Å²) < 4.78 is 16.7. The van der Waals surface area contributed by atoms with Crippen LogP contribution in [0.25, 0.3) is 0 Å². The number of allylic oxidation sites excluding steroid dienone is 18. The molecule has 1 unspecified atom stereocenters. The Labute approximate surface area is 419 Å². The molecule has 0 fully saturated rings. The summed E-state index contributed by atoms with van der Waals surface area (Å²) in [4.78, 5) is 37.8. The molecule has 0 rings (SSSR count). The normalized spacial score (nSPS) is 12.9. The summed E-state index contributed by atoms with van der Waals surface area (Å²) in [5.41, 5.74) is 0. The Morgan fingerprint density at radius 2 is 0.588 bits per heavy atom. The van der Waals surface area contributed by atoms with E-state index >= 15 is 0 Å². The minimum Gasteiger partial charge on any atom is -0.462 e. The van der Waals surface area contributed by atoms with Crippen LogP contribution in [0.3, 0.4) is 0 Å². The molecule has 6 heteroatoms. The van der Waals surface area contributed by atoms with E-state index in [0.717, 1.165) is 135 Å². The minimum atomic E-state index is -0.785. The van der Waals surface area contributed by atoms with Gasteiger partial charge in [0.25, 0.3) is 0 Å². The lowest BCUT2D eigenvalue weighted by atomic mass is 10.1. The molecule has 0 spiro atoms. The number of rotatable bonds is 49. The third-order valence-corrected chi connectivity index (χ3v) is 11.5. The Kier molecular flexibility index (Phi) is 52.4. The number of carbonyl (C=O) groups excluding carboxylic acids is 3. The molecular weight excluding hydrogens is 841 g/mol. The van der Waals surface area contributed by atoms with Crippen LogP contribution < -0.4 is 0 Å². The lowest BCUT2D eigenvalue weighted by molar-refractivity contribution is -0.167. The molecule has 0 bridgehead atoms. The van der Waals surface area contributed by atoms with Crippen molar-refractivity contribution in [3.8, 4) is 0 Å². The lowest BCUT2D eigenvalue weighted by Crippen LogP contribution is -2.30. The predicted molar refractivity (Wildman–Crippen MR) is 293 cm³/mol. The molecule has 0 aliphatic heterocycles. The minimum absolute atomic E-state index is 0.0857. The fourth-order valence-corrected chi connectivity index (χ4v) is 7.32. The van der Waals surface area contributed by atoms with Crippen LogP contribution in [0.2, 0.25) is 0 Å². The molecule has 0 aromatic heterocycles. The van der Waals surface area contributed by atoms with E-state index < -0.39 is 6.10 Å².